The van der Waals surface area contributed by atoms with Crippen LogP contribution in [0.5, 0.6) is 0 Å². The van der Waals surface area contributed by atoms with Crippen LogP contribution in [-0.4, -0.2) is 13.1 Å². The van der Waals surface area contributed by atoms with Gasteiger partial charge in [-0.3, -0.25) is 0 Å². The van der Waals surface area contributed by atoms with Crippen LogP contribution in [0.4, 0.5) is 0 Å². The topological polar surface area (TPSA) is 49.4 Å². The van der Waals surface area contributed by atoms with Crippen LogP contribution in [0, 0.1) is 0 Å². The summed E-state index contributed by atoms with van der Waals surface area (Å²) < 4.78 is 4.41. The molecule has 0 fully saturated rings. The van der Waals surface area contributed by atoms with Crippen molar-refractivity contribution in [3.8, 4) is 0 Å². The van der Waals surface area contributed by atoms with Gasteiger partial charge in [0.25, 0.3) is 0 Å². The third-order valence-electron chi connectivity index (χ3n) is 1.60. The van der Waals surface area contributed by atoms with E-state index >= 15 is 0 Å². The third kappa shape index (κ3) is 2.51. The summed E-state index contributed by atoms with van der Waals surface area (Å²) in [5, 5.41) is 10.8. The number of carbonyl (C=O) groups is 1. The van der Waals surface area contributed by atoms with Crippen molar-refractivity contribution in [1.82, 2.24) is 0 Å². The van der Waals surface area contributed by atoms with Crippen LogP contribution >= 0.6 is 0 Å². The van der Waals surface area contributed by atoms with Crippen molar-refractivity contribution in [1.29, 1.82) is 0 Å². The molecule has 0 N–H and O–H groups in total. The molecule has 0 radical (unpaired) electrons. The van der Waals surface area contributed by atoms with E-state index in [-0.39, 0.29) is 35.3 Å². The molecule has 0 aromatic carbocycles. The van der Waals surface area contributed by atoms with E-state index in [1.807, 2.05) is 0 Å². The summed E-state index contributed by atoms with van der Waals surface area (Å²) in [7, 11) is 1.29. The molecule has 0 saturated carbocycles. The summed E-state index contributed by atoms with van der Waals surface area (Å²) in [6.07, 6.45) is 1.89. The van der Waals surface area contributed by atoms with Gasteiger partial charge in [0.2, 0.25) is 0 Å². The number of hydrogen-bond acceptors (Lipinski definition) is 3. The molecule has 0 bridgehead atoms. The Morgan fingerprint density at radius 2 is 2.18 bits per heavy atom. The van der Waals surface area contributed by atoms with Crippen molar-refractivity contribution in [2.75, 3.05) is 7.11 Å². The summed E-state index contributed by atoms with van der Waals surface area (Å²) in [6, 6.07) is 0. The van der Waals surface area contributed by atoms with Gasteiger partial charge in [-0.25, -0.2) is 4.79 Å². The minimum Gasteiger partial charge on any atom is -0.875 e. The molecule has 1 aliphatic rings. The number of hydrogen-bond donors (Lipinski definition) is 0. The molecule has 0 heterocycles. The molecule has 0 aromatic rings. The van der Waals surface area contributed by atoms with Crippen molar-refractivity contribution in [3.63, 3.8) is 0 Å². The maximum atomic E-state index is 10.8. The smallest absolute Gasteiger partial charge is 0.875 e. The molecule has 1 aliphatic carbocycles. The van der Waals surface area contributed by atoms with Gasteiger partial charge >= 0.3 is 35.5 Å². The second-order valence-corrected chi connectivity index (χ2v) is 2.25. The molecule has 0 unspecified atom stereocenters. The van der Waals surface area contributed by atoms with Crippen molar-refractivity contribution in [2.45, 2.75) is 19.3 Å². The van der Waals surface area contributed by atoms with Gasteiger partial charge in [0.15, 0.2) is 0 Å². The first-order valence-corrected chi connectivity index (χ1v) is 3.23. The fourth-order valence-corrected chi connectivity index (χ4v) is 1.06. The van der Waals surface area contributed by atoms with Gasteiger partial charge in [-0.2, -0.15) is 0 Å². The van der Waals surface area contributed by atoms with E-state index in [1.165, 1.54) is 7.11 Å². The number of methoxy groups -OCH3 is 1. The van der Waals surface area contributed by atoms with Gasteiger partial charge in [0.1, 0.15) is 0 Å². The Labute approximate surface area is 87.7 Å². The Kier molecular flexibility index (Phi) is 4.81. The van der Waals surface area contributed by atoms with Crippen molar-refractivity contribution in [2.24, 2.45) is 0 Å². The Hall–Kier alpha value is 0.0100. The largest absolute Gasteiger partial charge is 1.00 e. The molecular formula is C7H9NaO3. The molecule has 0 aliphatic heterocycles. The van der Waals surface area contributed by atoms with E-state index in [0.717, 1.165) is 6.42 Å². The number of carbonyl (C=O) groups excluding carboxylic acids is 1. The van der Waals surface area contributed by atoms with Crippen LogP contribution in [0.2, 0.25) is 0 Å². The Morgan fingerprint density at radius 1 is 1.55 bits per heavy atom. The average molecular weight is 164 g/mol. The first kappa shape index (κ1) is 11.0. The molecule has 56 valence electrons. The zero-order valence-electron chi connectivity index (χ0n) is 6.85. The van der Waals surface area contributed by atoms with Crippen LogP contribution in [-0.2, 0) is 9.53 Å². The van der Waals surface area contributed by atoms with E-state index in [0.29, 0.717) is 18.4 Å². The van der Waals surface area contributed by atoms with E-state index in [9.17, 15) is 9.90 Å². The molecule has 3 nitrogen and oxygen atoms in total. The predicted octanol–water partition coefficient (Wildman–Crippen LogP) is -3.04. The fraction of sp³-hybridized carbons (Fsp3) is 0.571. The maximum absolute atomic E-state index is 10.8. The second-order valence-electron chi connectivity index (χ2n) is 2.25. The summed E-state index contributed by atoms with van der Waals surface area (Å²) in [4.78, 5) is 10.7. The molecule has 0 atom stereocenters. The maximum Gasteiger partial charge on any atom is 1.00 e. The zero-order chi connectivity index (χ0) is 7.56. The van der Waals surface area contributed by atoms with Crippen LogP contribution in [0.25, 0.3) is 0 Å². The summed E-state index contributed by atoms with van der Waals surface area (Å²) in [5.74, 6) is -0.505. The van der Waals surface area contributed by atoms with Crippen LogP contribution in [0.3, 0.4) is 0 Å². The zero-order valence-corrected chi connectivity index (χ0v) is 8.85. The first-order valence-electron chi connectivity index (χ1n) is 3.23. The van der Waals surface area contributed by atoms with E-state index in [1.54, 1.807) is 0 Å². The van der Waals surface area contributed by atoms with Crippen LogP contribution in [0.15, 0.2) is 11.3 Å². The molecule has 0 amide bonds. The van der Waals surface area contributed by atoms with Crippen molar-refractivity contribution in [3.05, 3.63) is 11.3 Å². The van der Waals surface area contributed by atoms with Gasteiger partial charge in [-0.15, -0.1) is 5.76 Å². The van der Waals surface area contributed by atoms with Gasteiger partial charge in [-0.1, -0.05) is 0 Å². The standard InChI is InChI=1S/C7H10O3.Na/c1-10-7(9)5-3-2-4-6(5)8;/h8H,2-4H2,1H3;/q;+1/p-1. The third-order valence-corrected chi connectivity index (χ3v) is 1.60. The Morgan fingerprint density at radius 3 is 2.55 bits per heavy atom. The first-order chi connectivity index (χ1) is 4.75. The molecule has 0 spiro atoms. The summed E-state index contributed by atoms with van der Waals surface area (Å²) in [5.41, 5.74) is 0.336. The van der Waals surface area contributed by atoms with Gasteiger partial charge in [0, 0.05) is 5.57 Å². The molecule has 0 aromatic heterocycles. The minimum atomic E-state index is -0.456. The normalized spacial score (nSPS) is 16.1. The monoisotopic (exact) mass is 164 g/mol. The van der Waals surface area contributed by atoms with Crippen molar-refractivity contribution >= 4 is 5.97 Å². The Balaban J connectivity index is 0.000001000. The minimum absolute atomic E-state index is 0. The quantitative estimate of drug-likeness (QED) is 0.306. The second kappa shape index (κ2) is 4.80. The predicted molar refractivity (Wildman–Crippen MR) is 32.9 cm³/mol. The number of allylic oxidation sites excluding steroid dienone is 1. The molecule has 11 heavy (non-hydrogen) atoms. The Bertz CT molecular complexity index is 186. The number of ether oxygens (including phenoxy) is 1. The van der Waals surface area contributed by atoms with Gasteiger partial charge in [-0.05, 0) is 19.3 Å². The van der Waals surface area contributed by atoms with Crippen LogP contribution < -0.4 is 34.7 Å². The van der Waals surface area contributed by atoms with E-state index in [2.05, 4.69) is 4.74 Å². The molecule has 0 saturated heterocycles. The molecule has 1 rings (SSSR count). The molecular weight excluding hydrogens is 155 g/mol. The fourth-order valence-electron chi connectivity index (χ4n) is 1.06. The number of esters is 1. The number of rotatable bonds is 1. The average Bonchev–Trinajstić information content (AvgIpc) is 2.34. The van der Waals surface area contributed by atoms with Crippen molar-refractivity contribution < 1.29 is 44.2 Å². The van der Waals surface area contributed by atoms with Gasteiger partial charge in [0.05, 0.1) is 7.11 Å². The SMILES string of the molecule is COC(=O)C1=C([O-])CCC1.[Na+]. The van der Waals surface area contributed by atoms with E-state index in [4.69, 9.17) is 0 Å². The molecule has 4 heteroatoms. The summed E-state index contributed by atoms with van der Waals surface area (Å²) in [6.45, 7) is 0. The van der Waals surface area contributed by atoms with E-state index < -0.39 is 5.97 Å². The van der Waals surface area contributed by atoms with Gasteiger partial charge < -0.3 is 9.84 Å². The summed E-state index contributed by atoms with van der Waals surface area (Å²) >= 11 is 0. The van der Waals surface area contributed by atoms with Crippen LogP contribution in [0.1, 0.15) is 19.3 Å².